The van der Waals surface area contributed by atoms with Gasteiger partial charge in [-0.2, -0.15) is 0 Å². The largest absolute Gasteiger partial charge is 0.507 e. The van der Waals surface area contributed by atoms with Crippen molar-refractivity contribution in [2.24, 2.45) is 0 Å². The first-order valence-electron chi connectivity index (χ1n) is 25.6. The van der Waals surface area contributed by atoms with Crippen LogP contribution in [0.15, 0.2) is 164 Å². The fourth-order valence-electron chi connectivity index (χ4n) is 10.1. The lowest BCUT2D eigenvalue weighted by Crippen LogP contribution is -2.18. The van der Waals surface area contributed by atoms with E-state index in [0.717, 1.165) is 84.7 Å². The highest BCUT2D eigenvalue weighted by molar-refractivity contribution is 5.98. The lowest BCUT2D eigenvalue weighted by molar-refractivity contribution is 0.446. The van der Waals surface area contributed by atoms with Crippen molar-refractivity contribution in [3.63, 3.8) is 0 Å². The van der Waals surface area contributed by atoms with E-state index in [1.807, 2.05) is 6.20 Å². The molecular weight excluding hydrogens is 863 g/mol. The molecule has 9 rings (SSSR count). The first kappa shape index (κ1) is 49.0. The summed E-state index contributed by atoms with van der Waals surface area (Å²) >= 11 is 0. The van der Waals surface area contributed by atoms with Gasteiger partial charge < -0.3 is 5.11 Å². The minimum absolute atomic E-state index is 0.0544. The van der Waals surface area contributed by atoms with E-state index in [2.05, 4.69) is 252 Å². The second-order valence-electron chi connectivity index (χ2n) is 23.3. The zero-order valence-electron chi connectivity index (χ0n) is 44.2. The molecule has 0 aliphatic heterocycles. The molecule has 2 aromatic heterocycles. The van der Waals surface area contributed by atoms with Crippen LogP contribution in [-0.4, -0.2) is 19.6 Å². The lowest BCUT2D eigenvalue weighted by atomic mass is 9.78. The number of benzene rings is 7. The standard InChI is InChI=1S/C67H71N3O/c1-42(2)55-38-51(65(5,6)7)39-56(43(3)4)62(55)70-60-30-22-29-54(61(60)69-64(70)57-40-52(66(8,9)10)41-58(63(57)71)67(11,12)13)49-34-48(45-25-18-15-19-26-45)35-50(36-49)59-37-47(31-32-68-59)53-28-21-20-27-46(53)33-44-23-16-14-17-24-44/h14-32,34-43,71H,33H2,1-13H3. The molecule has 71 heavy (non-hydrogen) atoms. The molecule has 0 atom stereocenters. The van der Waals surface area contributed by atoms with Gasteiger partial charge in [0.25, 0.3) is 0 Å². The Labute approximate surface area is 423 Å². The highest BCUT2D eigenvalue weighted by Gasteiger charge is 2.31. The molecule has 0 amide bonds. The van der Waals surface area contributed by atoms with Crippen molar-refractivity contribution in [2.75, 3.05) is 0 Å². The molecule has 0 aliphatic carbocycles. The van der Waals surface area contributed by atoms with Gasteiger partial charge in [-0.15, -0.1) is 0 Å². The van der Waals surface area contributed by atoms with Crippen LogP contribution in [0.4, 0.5) is 0 Å². The van der Waals surface area contributed by atoms with E-state index in [1.54, 1.807) is 0 Å². The number of nitrogens with zero attached hydrogens (tertiary/aromatic N) is 3. The van der Waals surface area contributed by atoms with Gasteiger partial charge in [-0.3, -0.25) is 9.55 Å². The van der Waals surface area contributed by atoms with Gasteiger partial charge in [0.15, 0.2) is 0 Å². The van der Waals surface area contributed by atoms with E-state index in [4.69, 9.17) is 9.97 Å². The average molecular weight is 934 g/mol. The van der Waals surface area contributed by atoms with E-state index in [9.17, 15) is 5.11 Å². The monoisotopic (exact) mass is 934 g/mol. The number of pyridine rings is 1. The first-order valence-corrected chi connectivity index (χ1v) is 25.6. The van der Waals surface area contributed by atoms with Crippen LogP contribution < -0.4 is 0 Å². The van der Waals surface area contributed by atoms with Crippen LogP contribution >= 0.6 is 0 Å². The Morgan fingerprint density at radius 3 is 1.70 bits per heavy atom. The van der Waals surface area contributed by atoms with Crippen LogP contribution in [0.25, 0.3) is 72.7 Å². The van der Waals surface area contributed by atoms with E-state index in [1.165, 1.54) is 33.4 Å². The molecule has 4 nitrogen and oxygen atoms in total. The summed E-state index contributed by atoms with van der Waals surface area (Å²) in [5.41, 5.74) is 20.2. The van der Waals surface area contributed by atoms with Crippen LogP contribution in [0.2, 0.25) is 0 Å². The molecule has 2 heterocycles. The topological polar surface area (TPSA) is 50.9 Å². The van der Waals surface area contributed by atoms with Gasteiger partial charge in [-0.25, -0.2) is 4.98 Å². The third-order valence-corrected chi connectivity index (χ3v) is 14.2. The Balaban J connectivity index is 1.34. The lowest BCUT2D eigenvalue weighted by Gasteiger charge is -2.29. The van der Waals surface area contributed by atoms with Gasteiger partial charge in [-0.05, 0) is 138 Å². The summed E-state index contributed by atoms with van der Waals surface area (Å²) in [6.07, 6.45) is 2.79. The molecule has 7 aromatic carbocycles. The second kappa shape index (κ2) is 18.9. The fraction of sp³-hybridized carbons (Fsp3) is 0.284. The number of imidazole rings is 1. The Bertz CT molecular complexity index is 3360. The van der Waals surface area contributed by atoms with Crippen molar-refractivity contribution in [2.45, 2.75) is 125 Å². The molecule has 360 valence electrons. The molecule has 0 radical (unpaired) electrons. The number of hydrogen-bond acceptors (Lipinski definition) is 3. The Morgan fingerprint density at radius 2 is 1.07 bits per heavy atom. The van der Waals surface area contributed by atoms with E-state index in [0.29, 0.717) is 0 Å². The number of hydrogen-bond donors (Lipinski definition) is 1. The number of phenols is 1. The van der Waals surface area contributed by atoms with Gasteiger partial charge >= 0.3 is 0 Å². The van der Waals surface area contributed by atoms with Gasteiger partial charge in [0.2, 0.25) is 0 Å². The third kappa shape index (κ3) is 9.87. The zero-order valence-corrected chi connectivity index (χ0v) is 44.2. The summed E-state index contributed by atoms with van der Waals surface area (Å²) in [5.74, 6) is 1.42. The smallest absolute Gasteiger partial charge is 0.149 e. The molecule has 4 heteroatoms. The van der Waals surface area contributed by atoms with Crippen molar-refractivity contribution in [3.8, 4) is 67.5 Å². The SMILES string of the molecule is CC(C)c1cc(C(C)(C)C)cc(C(C)C)c1-n1c(-c2cc(C(C)(C)C)cc(C(C)(C)C)c2O)nc2c(-c3cc(-c4ccccc4)cc(-c4cc(-c5ccccc5Cc5ccccc5)ccn4)c3)cccc21. The van der Waals surface area contributed by atoms with Crippen molar-refractivity contribution in [1.29, 1.82) is 0 Å². The van der Waals surface area contributed by atoms with Crippen molar-refractivity contribution < 1.29 is 5.11 Å². The molecule has 0 saturated carbocycles. The summed E-state index contributed by atoms with van der Waals surface area (Å²) in [6.45, 7) is 29.4. The van der Waals surface area contributed by atoms with Crippen molar-refractivity contribution in [3.05, 3.63) is 203 Å². The molecule has 0 aliphatic rings. The summed E-state index contributed by atoms with van der Waals surface area (Å²) in [4.78, 5) is 10.9. The Morgan fingerprint density at radius 1 is 0.493 bits per heavy atom. The molecule has 0 unspecified atom stereocenters. The maximum Gasteiger partial charge on any atom is 0.149 e. The predicted molar refractivity (Wildman–Crippen MR) is 301 cm³/mol. The number of phenolic OH excluding ortho intramolecular Hbond substituents is 1. The average Bonchev–Trinajstić information content (AvgIpc) is 3.72. The van der Waals surface area contributed by atoms with E-state index >= 15 is 0 Å². The molecule has 0 bridgehead atoms. The molecule has 0 fully saturated rings. The minimum Gasteiger partial charge on any atom is -0.507 e. The van der Waals surface area contributed by atoms with Gasteiger partial charge in [-0.1, -0.05) is 205 Å². The van der Waals surface area contributed by atoms with E-state index < -0.39 is 0 Å². The Hall–Kier alpha value is -7.04. The van der Waals surface area contributed by atoms with Crippen LogP contribution in [0.3, 0.4) is 0 Å². The summed E-state index contributed by atoms with van der Waals surface area (Å²) in [5, 5.41) is 12.7. The van der Waals surface area contributed by atoms with Crippen molar-refractivity contribution >= 4 is 11.0 Å². The van der Waals surface area contributed by atoms with Gasteiger partial charge in [0.1, 0.15) is 11.6 Å². The van der Waals surface area contributed by atoms with Crippen LogP contribution in [0.1, 0.15) is 141 Å². The number of rotatable bonds is 10. The molecule has 9 aromatic rings. The third-order valence-electron chi connectivity index (χ3n) is 14.2. The zero-order chi connectivity index (χ0) is 50.6. The quantitative estimate of drug-likeness (QED) is 0.149. The van der Waals surface area contributed by atoms with Crippen LogP contribution in [0.5, 0.6) is 5.75 Å². The number of aromatic nitrogens is 3. The summed E-state index contributed by atoms with van der Waals surface area (Å²) in [6, 6.07) is 57.1. The second-order valence-corrected chi connectivity index (χ2v) is 23.3. The fourth-order valence-corrected chi connectivity index (χ4v) is 10.1. The summed E-state index contributed by atoms with van der Waals surface area (Å²) in [7, 11) is 0. The maximum absolute atomic E-state index is 12.7. The predicted octanol–water partition coefficient (Wildman–Crippen LogP) is 18.2. The molecule has 0 saturated heterocycles. The van der Waals surface area contributed by atoms with Crippen molar-refractivity contribution in [1.82, 2.24) is 14.5 Å². The number of para-hydroxylation sites is 1. The molecule has 0 spiro atoms. The highest BCUT2D eigenvalue weighted by atomic mass is 16.3. The molecule has 1 N–H and O–H groups in total. The van der Waals surface area contributed by atoms with Crippen LogP contribution in [-0.2, 0) is 22.7 Å². The minimum atomic E-state index is -0.327. The van der Waals surface area contributed by atoms with Gasteiger partial charge in [0.05, 0.1) is 28.0 Å². The highest BCUT2D eigenvalue weighted by Crippen LogP contribution is 2.47. The maximum atomic E-state index is 12.7. The Kier molecular flexibility index (Phi) is 13.1. The number of fused-ring (bicyclic) bond motifs is 1. The number of aromatic hydroxyl groups is 1. The summed E-state index contributed by atoms with van der Waals surface area (Å²) < 4.78 is 2.39. The first-order chi connectivity index (χ1) is 33.7. The normalized spacial score (nSPS) is 12.4. The van der Waals surface area contributed by atoms with Gasteiger partial charge in [0, 0.05) is 22.9 Å². The molecular formula is C67H71N3O. The van der Waals surface area contributed by atoms with E-state index in [-0.39, 0.29) is 33.8 Å². The van der Waals surface area contributed by atoms with Crippen LogP contribution in [0, 0.1) is 0 Å².